The van der Waals surface area contributed by atoms with Gasteiger partial charge >= 0.3 is 5.97 Å². The van der Waals surface area contributed by atoms with Crippen molar-refractivity contribution in [3.8, 4) is 0 Å². The fourth-order valence-corrected chi connectivity index (χ4v) is 2.07. The highest BCUT2D eigenvalue weighted by Gasteiger charge is 2.19. The Morgan fingerprint density at radius 3 is 2.88 bits per heavy atom. The van der Waals surface area contributed by atoms with Crippen molar-refractivity contribution in [1.82, 2.24) is 14.7 Å². The summed E-state index contributed by atoms with van der Waals surface area (Å²) in [6.07, 6.45) is 1.40. The predicted octanol–water partition coefficient (Wildman–Crippen LogP) is -0.822. The zero-order valence-corrected chi connectivity index (χ0v) is 9.90. The fourth-order valence-electron chi connectivity index (χ4n) is 1.10. The zero-order chi connectivity index (χ0) is 12.9. The number of aromatic nitrogens is 2. The summed E-state index contributed by atoms with van der Waals surface area (Å²) in [5.41, 5.74) is 0. The number of nitrogens with zero attached hydrogens (tertiary/aromatic N) is 1. The van der Waals surface area contributed by atoms with Crippen LogP contribution in [-0.4, -0.2) is 49.2 Å². The van der Waals surface area contributed by atoms with E-state index < -0.39 is 22.1 Å². The summed E-state index contributed by atoms with van der Waals surface area (Å²) in [4.78, 5) is 16.5. The number of aromatic amines is 1. The van der Waals surface area contributed by atoms with Crippen molar-refractivity contribution >= 4 is 16.0 Å². The van der Waals surface area contributed by atoms with Crippen LogP contribution >= 0.6 is 0 Å². The molecule has 1 heterocycles. The third kappa shape index (κ3) is 4.13. The van der Waals surface area contributed by atoms with E-state index in [1.807, 2.05) is 0 Å². The van der Waals surface area contributed by atoms with Crippen LogP contribution in [0.25, 0.3) is 0 Å². The Morgan fingerprint density at radius 2 is 2.41 bits per heavy atom. The van der Waals surface area contributed by atoms with Gasteiger partial charge in [0.25, 0.3) is 10.0 Å². The predicted molar refractivity (Wildman–Crippen MR) is 56.8 cm³/mol. The van der Waals surface area contributed by atoms with Gasteiger partial charge in [-0.05, 0) is 0 Å². The van der Waals surface area contributed by atoms with E-state index in [4.69, 9.17) is 9.84 Å². The van der Waals surface area contributed by atoms with Crippen LogP contribution in [0.15, 0.2) is 17.6 Å². The molecule has 1 unspecified atom stereocenters. The molecule has 0 saturated heterocycles. The number of methoxy groups -OCH3 is 1. The Balaban J connectivity index is 2.57. The maximum Gasteiger partial charge on any atom is 0.306 e. The van der Waals surface area contributed by atoms with Crippen LogP contribution in [0.1, 0.15) is 6.42 Å². The van der Waals surface area contributed by atoms with Crippen molar-refractivity contribution in [1.29, 1.82) is 0 Å². The van der Waals surface area contributed by atoms with E-state index >= 15 is 0 Å². The van der Waals surface area contributed by atoms with Gasteiger partial charge in [-0.3, -0.25) is 4.79 Å². The lowest BCUT2D eigenvalue weighted by Crippen LogP contribution is -2.34. The van der Waals surface area contributed by atoms with Crippen molar-refractivity contribution < 1.29 is 23.1 Å². The third-order valence-corrected chi connectivity index (χ3v) is 3.35. The molecule has 0 saturated carbocycles. The summed E-state index contributed by atoms with van der Waals surface area (Å²) in [5.74, 6) is -1.06. The molecular weight excluding hydrogens is 250 g/mol. The summed E-state index contributed by atoms with van der Waals surface area (Å²) in [6.45, 7) is -0.121. The quantitative estimate of drug-likeness (QED) is 0.590. The van der Waals surface area contributed by atoms with Crippen LogP contribution in [0, 0.1) is 0 Å². The van der Waals surface area contributed by atoms with Crippen molar-refractivity contribution in [2.75, 3.05) is 13.7 Å². The lowest BCUT2D eigenvalue weighted by atomic mass is 10.2. The van der Waals surface area contributed by atoms with Crippen molar-refractivity contribution in [2.24, 2.45) is 0 Å². The van der Waals surface area contributed by atoms with E-state index in [1.54, 1.807) is 0 Å². The largest absolute Gasteiger partial charge is 0.481 e. The number of hydrogen-bond donors (Lipinski definition) is 3. The monoisotopic (exact) mass is 263 g/mol. The Hall–Kier alpha value is -1.45. The number of imidazole rings is 1. The van der Waals surface area contributed by atoms with E-state index in [1.165, 1.54) is 13.4 Å². The molecule has 8 nitrogen and oxygen atoms in total. The molecule has 3 N–H and O–H groups in total. The molecule has 96 valence electrons. The normalized spacial score (nSPS) is 13.5. The molecule has 0 fully saturated rings. The maximum atomic E-state index is 11.6. The molecule has 1 aromatic rings. The average molecular weight is 263 g/mol. The van der Waals surface area contributed by atoms with Gasteiger partial charge in [0.15, 0.2) is 5.03 Å². The summed E-state index contributed by atoms with van der Waals surface area (Å²) in [5, 5.41) is 8.47. The molecule has 1 rings (SSSR count). The second kappa shape index (κ2) is 5.75. The first-order chi connectivity index (χ1) is 7.95. The van der Waals surface area contributed by atoms with Gasteiger partial charge < -0.3 is 14.8 Å². The minimum Gasteiger partial charge on any atom is -0.481 e. The van der Waals surface area contributed by atoms with Gasteiger partial charge in [-0.15, -0.1) is 0 Å². The number of carboxylic acids is 1. The zero-order valence-electron chi connectivity index (χ0n) is 9.08. The maximum absolute atomic E-state index is 11.6. The van der Waals surface area contributed by atoms with Crippen LogP contribution in [0.5, 0.6) is 0 Å². The van der Waals surface area contributed by atoms with Crippen LogP contribution in [0.2, 0.25) is 0 Å². The Labute approximate surface area is 98.1 Å². The van der Waals surface area contributed by atoms with Crippen LogP contribution in [0.3, 0.4) is 0 Å². The van der Waals surface area contributed by atoms with Gasteiger partial charge in [0.05, 0.1) is 25.0 Å². The lowest BCUT2D eigenvalue weighted by Gasteiger charge is -2.13. The minimum absolute atomic E-state index is 0.0809. The Bertz CT molecular complexity index is 456. The third-order valence-electron chi connectivity index (χ3n) is 2.00. The van der Waals surface area contributed by atoms with E-state index in [9.17, 15) is 13.2 Å². The van der Waals surface area contributed by atoms with Crippen molar-refractivity contribution in [3.05, 3.63) is 12.5 Å². The Kier molecular flexibility index (Phi) is 4.61. The summed E-state index contributed by atoms with van der Waals surface area (Å²) < 4.78 is 30.3. The molecule has 0 aliphatic rings. The number of rotatable bonds is 7. The van der Waals surface area contributed by atoms with Gasteiger partial charge in [0.1, 0.15) is 0 Å². The number of aliphatic carboxylic acids is 1. The van der Waals surface area contributed by atoms with E-state index in [2.05, 4.69) is 14.7 Å². The number of carbonyl (C=O) groups is 1. The van der Waals surface area contributed by atoms with Crippen LogP contribution < -0.4 is 4.72 Å². The molecule has 0 bridgehead atoms. The molecule has 0 spiro atoms. The molecule has 1 aromatic heterocycles. The van der Waals surface area contributed by atoms with Gasteiger partial charge in [-0.1, -0.05) is 0 Å². The molecule has 17 heavy (non-hydrogen) atoms. The minimum atomic E-state index is -3.70. The molecular formula is C8H13N3O5S. The van der Waals surface area contributed by atoms with Crippen LogP contribution in [-0.2, 0) is 19.6 Å². The van der Waals surface area contributed by atoms with E-state index in [0.29, 0.717) is 0 Å². The number of H-pyrrole nitrogens is 1. The molecule has 1 atom stereocenters. The van der Waals surface area contributed by atoms with Gasteiger partial charge in [-0.2, -0.15) is 0 Å². The topological polar surface area (TPSA) is 121 Å². The number of hydrogen-bond acceptors (Lipinski definition) is 5. The summed E-state index contributed by atoms with van der Waals surface area (Å²) >= 11 is 0. The van der Waals surface area contributed by atoms with Crippen molar-refractivity contribution in [2.45, 2.75) is 17.6 Å². The molecule has 0 aliphatic carbocycles. The van der Waals surface area contributed by atoms with Crippen molar-refractivity contribution in [3.63, 3.8) is 0 Å². The summed E-state index contributed by atoms with van der Waals surface area (Å²) in [7, 11) is -2.38. The average Bonchev–Trinajstić information content (AvgIpc) is 2.77. The first-order valence-corrected chi connectivity index (χ1v) is 6.16. The molecule has 0 aliphatic heterocycles. The lowest BCUT2D eigenvalue weighted by molar-refractivity contribution is -0.139. The number of carboxylic acid groups (broad SMARTS) is 1. The SMILES string of the molecule is COC(CNS(=O)(=O)c1cnc[nH]1)CC(=O)O. The second-order valence-electron chi connectivity index (χ2n) is 3.22. The van der Waals surface area contributed by atoms with Crippen LogP contribution in [0.4, 0.5) is 0 Å². The standard InChI is InChI=1S/C8H13N3O5S/c1-16-6(2-8(12)13)3-11-17(14,15)7-4-9-5-10-7/h4-6,11H,2-3H2,1H3,(H,9,10)(H,12,13). The number of ether oxygens (including phenoxy) is 1. The van der Waals surface area contributed by atoms with Gasteiger partial charge in [-0.25, -0.2) is 18.1 Å². The first kappa shape index (κ1) is 13.6. The molecule has 9 heteroatoms. The smallest absolute Gasteiger partial charge is 0.306 e. The summed E-state index contributed by atoms with van der Waals surface area (Å²) in [6, 6.07) is 0. The van der Waals surface area contributed by atoms with Gasteiger partial charge in [0, 0.05) is 13.7 Å². The highest BCUT2D eigenvalue weighted by molar-refractivity contribution is 7.89. The van der Waals surface area contributed by atoms with Gasteiger partial charge in [0.2, 0.25) is 0 Å². The number of nitrogens with one attached hydrogen (secondary N) is 2. The first-order valence-electron chi connectivity index (χ1n) is 4.68. The van der Waals surface area contributed by atoms with E-state index in [-0.39, 0.29) is 18.0 Å². The van der Waals surface area contributed by atoms with E-state index in [0.717, 1.165) is 6.20 Å². The number of sulfonamides is 1. The molecule has 0 amide bonds. The Morgan fingerprint density at radius 1 is 1.71 bits per heavy atom. The fraction of sp³-hybridized carbons (Fsp3) is 0.500. The molecule has 0 aromatic carbocycles. The highest BCUT2D eigenvalue weighted by atomic mass is 32.2. The highest BCUT2D eigenvalue weighted by Crippen LogP contribution is 2.03. The molecule has 0 radical (unpaired) electrons. The second-order valence-corrected chi connectivity index (χ2v) is 4.96.